The molecule has 0 unspecified atom stereocenters. The number of carbonyl (C=O) groups is 1. The fraction of sp³-hybridized carbons (Fsp3) is 0.200. The molecule has 1 aliphatic rings. The van der Waals surface area contributed by atoms with Gasteiger partial charge in [0.25, 0.3) is 5.91 Å². The van der Waals surface area contributed by atoms with Gasteiger partial charge in [-0.3, -0.25) is 15.0 Å². The molecule has 1 saturated heterocycles. The number of anilines is 2. The van der Waals surface area contributed by atoms with Crippen molar-refractivity contribution in [2.45, 2.75) is 6.54 Å². The largest absolute Gasteiger partial charge is 0.369 e. The Balaban J connectivity index is 1.27. The van der Waals surface area contributed by atoms with Crippen LogP contribution in [0.2, 0.25) is 15.1 Å². The Labute approximate surface area is 219 Å². The molecule has 3 aromatic carbocycles. The Hall–Kier alpha value is -2.35. The molecule has 0 atom stereocenters. The molecule has 4 rings (SSSR count). The number of piperazine rings is 1. The third-order valence-electron chi connectivity index (χ3n) is 5.62. The highest BCUT2D eigenvalue weighted by Crippen LogP contribution is 2.23. The average molecular weight is 534 g/mol. The predicted octanol–water partition coefficient (Wildman–Crippen LogP) is 6.10. The first-order chi connectivity index (χ1) is 16.4. The Morgan fingerprint density at radius 3 is 2.24 bits per heavy atom. The third-order valence-corrected chi connectivity index (χ3v) is 6.94. The minimum Gasteiger partial charge on any atom is -0.369 e. The van der Waals surface area contributed by atoms with Crippen LogP contribution in [-0.2, 0) is 6.54 Å². The van der Waals surface area contributed by atoms with Gasteiger partial charge in [-0.15, -0.1) is 0 Å². The smallest absolute Gasteiger partial charge is 0.257 e. The molecular weight excluding hydrogens is 511 g/mol. The average Bonchev–Trinajstić information content (AvgIpc) is 2.83. The van der Waals surface area contributed by atoms with Crippen LogP contribution in [0, 0.1) is 0 Å². The second-order valence-electron chi connectivity index (χ2n) is 7.94. The standard InChI is InChI=1S/C25H23Cl3N4OS/c26-21-4-2-1-3-18(21)16-31-11-13-32(14-12-31)20-8-6-19(7-9-20)29-25(34)30-24(33)17-5-10-22(27)23(28)15-17/h1-10,15H,11-14,16H2,(H2,29,30,33,34). The molecule has 0 saturated carbocycles. The van der Waals surface area contributed by atoms with Crippen LogP contribution in [0.4, 0.5) is 11.4 Å². The van der Waals surface area contributed by atoms with Crippen LogP contribution in [0.3, 0.4) is 0 Å². The fourth-order valence-electron chi connectivity index (χ4n) is 3.76. The summed E-state index contributed by atoms with van der Waals surface area (Å²) in [6.45, 7) is 4.68. The number of nitrogens with zero attached hydrogens (tertiary/aromatic N) is 2. The van der Waals surface area contributed by atoms with Crippen LogP contribution in [0.15, 0.2) is 66.7 Å². The van der Waals surface area contributed by atoms with E-state index in [1.807, 2.05) is 30.3 Å². The molecule has 1 heterocycles. The summed E-state index contributed by atoms with van der Waals surface area (Å²) in [6, 6.07) is 20.7. The minimum atomic E-state index is -0.359. The second-order valence-corrected chi connectivity index (χ2v) is 9.57. The van der Waals surface area contributed by atoms with E-state index in [2.05, 4.69) is 38.6 Å². The van der Waals surface area contributed by atoms with Crippen molar-refractivity contribution in [1.82, 2.24) is 10.2 Å². The normalized spacial score (nSPS) is 14.0. The molecule has 1 aliphatic heterocycles. The molecule has 0 radical (unpaired) electrons. The van der Waals surface area contributed by atoms with Gasteiger partial charge in [-0.2, -0.15) is 0 Å². The number of thiocarbonyl (C=S) groups is 1. The van der Waals surface area contributed by atoms with Crippen LogP contribution in [0.25, 0.3) is 0 Å². The quantitative estimate of drug-likeness (QED) is 0.388. The molecule has 0 aliphatic carbocycles. The molecule has 0 bridgehead atoms. The zero-order chi connectivity index (χ0) is 24.1. The van der Waals surface area contributed by atoms with Crippen molar-refractivity contribution in [3.05, 3.63) is 92.9 Å². The van der Waals surface area contributed by atoms with Gasteiger partial charge in [-0.25, -0.2) is 0 Å². The van der Waals surface area contributed by atoms with Gasteiger partial charge in [0.15, 0.2) is 5.11 Å². The van der Waals surface area contributed by atoms with Crippen molar-refractivity contribution in [2.24, 2.45) is 0 Å². The minimum absolute atomic E-state index is 0.206. The maximum absolute atomic E-state index is 12.4. The Kier molecular flexibility index (Phi) is 8.29. The number of amides is 1. The lowest BCUT2D eigenvalue weighted by atomic mass is 10.2. The van der Waals surface area contributed by atoms with Gasteiger partial charge in [-0.05, 0) is 66.3 Å². The second kappa shape index (κ2) is 11.4. The Morgan fingerprint density at radius 1 is 0.853 bits per heavy atom. The van der Waals surface area contributed by atoms with E-state index in [0.29, 0.717) is 15.6 Å². The van der Waals surface area contributed by atoms with Gasteiger partial charge in [0.2, 0.25) is 0 Å². The van der Waals surface area contributed by atoms with E-state index in [9.17, 15) is 4.79 Å². The monoisotopic (exact) mass is 532 g/mol. The Morgan fingerprint density at radius 2 is 1.56 bits per heavy atom. The lowest BCUT2D eigenvalue weighted by Crippen LogP contribution is -2.46. The highest BCUT2D eigenvalue weighted by atomic mass is 35.5. The van der Waals surface area contributed by atoms with E-state index in [-0.39, 0.29) is 11.0 Å². The first-order valence-corrected chi connectivity index (χ1v) is 12.3. The number of hydrogen-bond donors (Lipinski definition) is 2. The van der Waals surface area contributed by atoms with Crippen LogP contribution in [0.1, 0.15) is 15.9 Å². The van der Waals surface area contributed by atoms with Gasteiger partial charge in [-0.1, -0.05) is 53.0 Å². The third kappa shape index (κ3) is 6.40. The van der Waals surface area contributed by atoms with Gasteiger partial charge in [0.1, 0.15) is 0 Å². The molecule has 2 N–H and O–H groups in total. The van der Waals surface area contributed by atoms with E-state index in [4.69, 9.17) is 47.0 Å². The predicted molar refractivity (Wildman–Crippen MR) is 146 cm³/mol. The SMILES string of the molecule is O=C(NC(=S)Nc1ccc(N2CCN(Cc3ccccc3Cl)CC2)cc1)c1ccc(Cl)c(Cl)c1. The number of nitrogens with one attached hydrogen (secondary N) is 2. The summed E-state index contributed by atoms with van der Waals surface area (Å²) in [5.74, 6) is -0.359. The highest BCUT2D eigenvalue weighted by molar-refractivity contribution is 7.80. The van der Waals surface area contributed by atoms with Crippen LogP contribution in [0.5, 0.6) is 0 Å². The van der Waals surface area contributed by atoms with Crippen molar-refractivity contribution in [1.29, 1.82) is 0 Å². The van der Waals surface area contributed by atoms with Crippen molar-refractivity contribution >= 4 is 69.4 Å². The van der Waals surface area contributed by atoms with E-state index in [1.54, 1.807) is 12.1 Å². The number of carbonyl (C=O) groups excluding carboxylic acids is 1. The Bertz CT molecular complexity index is 1180. The topological polar surface area (TPSA) is 47.6 Å². The molecule has 34 heavy (non-hydrogen) atoms. The fourth-order valence-corrected chi connectivity index (χ4v) is 4.47. The zero-order valence-corrected chi connectivity index (χ0v) is 21.3. The lowest BCUT2D eigenvalue weighted by molar-refractivity contribution is 0.0977. The molecule has 5 nitrogen and oxygen atoms in total. The van der Waals surface area contributed by atoms with Gasteiger partial charge < -0.3 is 10.2 Å². The van der Waals surface area contributed by atoms with E-state index in [1.165, 1.54) is 6.07 Å². The van der Waals surface area contributed by atoms with Crippen LogP contribution in [-0.4, -0.2) is 42.1 Å². The van der Waals surface area contributed by atoms with Crippen molar-refractivity contribution in [2.75, 3.05) is 36.4 Å². The summed E-state index contributed by atoms with van der Waals surface area (Å²) in [4.78, 5) is 17.1. The number of benzene rings is 3. The summed E-state index contributed by atoms with van der Waals surface area (Å²) in [5, 5.41) is 7.42. The maximum Gasteiger partial charge on any atom is 0.257 e. The van der Waals surface area contributed by atoms with Crippen LogP contribution >= 0.6 is 47.0 Å². The maximum atomic E-state index is 12.4. The molecule has 0 aromatic heterocycles. The first-order valence-electron chi connectivity index (χ1n) is 10.8. The van der Waals surface area contributed by atoms with Gasteiger partial charge in [0.05, 0.1) is 10.0 Å². The number of halogens is 3. The van der Waals surface area contributed by atoms with Gasteiger partial charge in [0, 0.05) is 54.7 Å². The molecule has 3 aromatic rings. The molecule has 176 valence electrons. The van der Waals surface area contributed by atoms with Crippen LogP contribution < -0.4 is 15.5 Å². The summed E-state index contributed by atoms with van der Waals surface area (Å²) in [6.07, 6.45) is 0. The van der Waals surface area contributed by atoms with E-state index in [0.717, 1.165) is 54.7 Å². The summed E-state index contributed by atoms with van der Waals surface area (Å²) >= 11 is 23.5. The van der Waals surface area contributed by atoms with Crippen molar-refractivity contribution in [3.8, 4) is 0 Å². The number of hydrogen-bond acceptors (Lipinski definition) is 4. The molecule has 9 heteroatoms. The van der Waals surface area contributed by atoms with E-state index < -0.39 is 0 Å². The first kappa shape index (κ1) is 24.8. The van der Waals surface area contributed by atoms with Crippen molar-refractivity contribution in [3.63, 3.8) is 0 Å². The van der Waals surface area contributed by atoms with Crippen molar-refractivity contribution < 1.29 is 4.79 Å². The van der Waals surface area contributed by atoms with E-state index >= 15 is 0 Å². The van der Waals surface area contributed by atoms with Gasteiger partial charge >= 0.3 is 0 Å². The zero-order valence-electron chi connectivity index (χ0n) is 18.2. The molecule has 1 fully saturated rings. The lowest BCUT2D eigenvalue weighted by Gasteiger charge is -2.36. The molecular formula is C25H23Cl3N4OS. The number of rotatable bonds is 5. The summed E-state index contributed by atoms with van der Waals surface area (Å²) < 4.78 is 0. The molecule has 0 spiro atoms. The summed E-state index contributed by atoms with van der Waals surface area (Å²) in [5.41, 5.74) is 3.48. The summed E-state index contributed by atoms with van der Waals surface area (Å²) in [7, 11) is 0. The molecule has 1 amide bonds. The highest BCUT2D eigenvalue weighted by Gasteiger charge is 2.18.